The molecule has 0 bridgehead atoms. The van der Waals surface area contributed by atoms with Crippen LogP contribution >= 0.6 is 0 Å². The first-order valence-electron chi connectivity index (χ1n) is 6.00. The van der Waals surface area contributed by atoms with E-state index < -0.39 is 0 Å². The van der Waals surface area contributed by atoms with E-state index in [0.717, 1.165) is 6.42 Å². The molecule has 2 N–H and O–H groups in total. The van der Waals surface area contributed by atoms with Crippen LogP contribution in [-0.4, -0.2) is 16.1 Å². The van der Waals surface area contributed by atoms with E-state index in [1.54, 1.807) is 0 Å². The van der Waals surface area contributed by atoms with E-state index in [-0.39, 0.29) is 0 Å². The SMILES string of the molecule is Cc1ccccc1C(C)n1cncc1CCN. The van der Waals surface area contributed by atoms with Gasteiger partial charge in [-0.05, 0) is 31.5 Å². The summed E-state index contributed by atoms with van der Waals surface area (Å²) in [4.78, 5) is 4.22. The Morgan fingerprint density at radius 1 is 1.35 bits per heavy atom. The molecule has 0 aliphatic carbocycles. The molecule has 1 aromatic heterocycles. The third kappa shape index (κ3) is 2.39. The summed E-state index contributed by atoms with van der Waals surface area (Å²) in [5.41, 5.74) is 9.46. The van der Waals surface area contributed by atoms with Crippen molar-refractivity contribution in [3.05, 3.63) is 53.6 Å². The highest BCUT2D eigenvalue weighted by atomic mass is 15.1. The van der Waals surface area contributed by atoms with Crippen LogP contribution < -0.4 is 5.73 Å². The van der Waals surface area contributed by atoms with Crippen molar-refractivity contribution in [1.82, 2.24) is 9.55 Å². The molecule has 1 heterocycles. The van der Waals surface area contributed by atoms with Gasteiger partial charge in [-0.25, -0.2) is 4.98 Å². The lowest BCUT2D eigenvalue weighted by Crippen LogP contribution is -2.13. The first-order chi connectivity index (χ1) is 8.24. The maximum Gasteiger partial charge on any atom is 0.0953 e. The van der Waals surface area contributed by atoms with Gasteiger partial charge in [0.1, 0.15) is 0 Å². The van der Waals surface area contributed by atoms with Crippen molar-refractivity contribution in [3.63, 3.8) is 0 Å². The lowest BCUT2D eigenvalue weighted by Gasteiger charge is -2.18. The van der Waals surface area contributed by atoms with Crippen LogP contribution in [-0.2, 0) is 6.42 Å². The molecule has 0 aliphatic heterocycles. The molecule has 0 saturated heterocycles. The van der Waals surface area contributed by atoms with E-state index in [1.165, 1.54) is 16.8 Å². The fourth-order valence-electron chi connectivity index (χ4n) is 2.23. The number of hydrogen-bond acceptors (Lipinski definition) is 2. The lowest BCUT2D eigenvalue weighted by atomic mass is 10.0. The van der Waals surface area contributed by atoms with Gasteiger partial charge in [0.25, 0.3) is 0 Å². The molecule has 1 aromatic carbocycles. The third-order valence-electron chi connectivity index (χ3n) is 3.20. The van der Waals surface area contributed by atoms with Crippen molar-refractivity contribution in [2.45, 2.75) is 26.3 Å². The number of imidazole rings is 1. The average molecular weight is 229 g/mol. The number of benzene rings is 1. The summed E-state index contributed by atoms with van der Waals surface area (Å²) in [7, 11) is 0. The molecule has 0 spiro atoms. The van der Waals surface area contributed by atoms with Crippen molar-refractivity contribution in [2.24, 2.45) is 5.73 Å². The number of nitrogens with zero attached hydrogens (tertiary/aromatic N) is 2. The summed E-state index contributed by atoms with van der Waals surface area (Å²) < 4.78 is 2.20. The predicted molar refractivity (Wildman–Crippen MR) is 70.0 cm³/mol. The molecule has 1 atom stereocenters. The highest BCUT2D eigenvalue weighted by molar-refractivity contribution is 5.29. The number of aryl methyl sites for hydroxylation is 1. The third-order valence-corrected chi connectivity index (χ3v) is 3.20. The van der Waals surface area contributed by atoms with Crippen molar-refractivity contribution in [3.8, 4) is 0 Å². The highest BCUT2D eigenvalue weighted by Gasteiger charge is 2.12. The van der Waals surface area contributed by atoms with E-state index in [4.69, 9.17) is 5.73 Å². The lowest BCUT2D eigenvalue weighted by molar-refractivity contribution is 0.604. The molecule has 2 rings (SSSR count). The Hall–Kier alpha value is -1.61. The zero-order valence-electron chi connectivity index (χ0n) is 10.4. The number of rotatable bonds is 4. The van der Waals surface area contributed by atoms with Gasteiger partial charge in [0.15, 0.2) is 0 Å². The molecule has 90 valence electrons. The summed E-state index contributed by atoms with van der Waals surface area (Å²) in [6, 6.07) is 8.77. The fourth-order valence-corrected chi connectivity index (χ4v) is 2.23. The Morgan fingerprint density at radius 2 is 2.12 bits per heavy atom. The number of aromatic nitrogens is 2. The van der Waals surface area contributed by atoms with Crippen LogP contribution in [0.4, 0.5) is 0 Å². The predicted octanol–water partition coefficient (Wildman–Crippen LogP) is 2.30. The van der Waals surface area contributed by atoms with Gasteiger partial charge in [-0.2, -0.15) is 0 Å². The van der Waals surface area contributed by atoms with Crippen LogP contribution in [0, 0.1) is 6.92 Å². The molecule has 0 aliphatic rings. The van der Waals surface area contributed by atoms with Crippen LogP contribution in [0.2, 0.25) is 0 Å². The van der Waals surface area contributed by atoms with Crippen molar-refractivity contribution in [2.75, 3.05) is 6.54 Å². The Kier molecular flexibility index (Phi) is 3.59. The molecule has 0 saturated carbocycles. The van der Waals surface area contributed by atoms with E-state index in [9.17, 15) is 0 Å². The molecular formula is C14H19N3. The first-order valence-corrected chi connectivity index (χ1v) is 6.00. The van der Waals surface area contributed by atoms with Gasteiger partial charge in [0, 0.05) is 18.3 Å². The Labute approximate surface area is 102 Å². The zero-order valence-corrected chi connectivity index (χ0v) is 10.4. The first kappa shape index (κ1) is 11.9. The maximum atomic E-state index is 5.62. The van der Waals surface area contributed by atoms with Crippen LogP contribution in [0.15, 0.2) is 36.8 Å². The molecule has 0 amide bonds. The van der Waals surface area contributed by atoms with Crippen molar-refractivity contribution in [1.29, 1.82) is 0 Å². The average Bonchev–Trinajstić information content (AvgIpc) is 2.78. The molecular weight excluding hydrogens is 210 g/mol. The molecule has 3 heteroatoms. The van der Waals surface area contributed by atoms with Crippen LogP contribution in [0.3, 0.4) is 0 Å². The van der Waals surface area contributed by atoms with Crippen LogP contribution in [0.1, 0.15) is 29.8 Å². The second-order valence-corrected chi connectivity index (χ2v) is 4.36. The quantitative estimate of drug-likeness (QED) is 0.874. The molecule has 0 radical (unpaired) electrons. The Morgan fingerprint density at radius 3 is 2.82 bits per heavy atom. The maximum absolute atomic E-state index is 5.62. The van der Waals surface area contributed by atoms with E-state index >= 15 is 0 Å². The van der Waals surface area contributed by atoms with Gasteiger partial charge >= 0.3 is 0 Å². The highest BCUT2D eigenvalue weighted by Crippen LogP contribution is 2.22. The van der Waals surface area contributed by atoms with E-state index in [1.807, 2.05) is 12.5 Å². The normalized spacial score (nSPS) is 12.6. The van der Waals surface area contributed by atoms with E-state index in [2.05, 4.69) is 47.7 Å². The summed E-state index contributed by atoms with van der Waals surface area (Å²) in [6.07, 6.45) is 4.67. The second-order valence-electron chi connectivity index (χ2n) is 4.36. The smallest absolute Gasteiger partial charge is 0.0953 e. The van der Waals surface area contributed by atoms with Gasteiger partial charge in [-0.1, -0.05) is 24.3 Å². The summed E-state index contributed by atoms with van der Waals surface area (Å²) in [5.74, 6) is 0. The fraction of sp³-hybridized carbons (Fsp3) is 0.357. The standard InChI is InChI=1S/C14H19N3/c1-11-5-3-4-6-14(11)12(2)17-10-16-9-13(17)7-8-15/h3-6,9-10,12H,7-8,15H2,1-2H3. The Balaban J connectivity index is 2.34. The van der Waals surface area contributed by atoms with Gasteiger partial charge in [0.2, 0.25) is 0 Å². The van der Waals surface area contributed by atoms with Crippen molar-refractivity contribution >= 4 is 0 Å². The molecule has 2 aromatic rings. The second kappa shape index (κ2) is 5.15. The summed E-state index contributed by atoms with van der Waals surface area (Å²) in [6.45, 7) is 5.00. The topological polar surface area (TPSA) is 43.8 Å². The zero-order chi connectivity index (χ0) is 12.3. The van der Waals surface area contributed by atoms with E-state index in [0.29, 0.717) is 12.6 Å². The van der Waals surface area contributed by atoms with Gasteiger partial charge in [-0.15, -0.1) is 0 Å². The van der Waals surface area contributed by atoms with Gasteiger partial charge in [-0.3, -0.25) is 0 Å². The number of hydrogen-bond donors (Lipinski definition) is 1. The van der Waals surface area contributed by atoms with Crippen LogP contribution in [0.5, 0.6) is 0 Å². The van der Waals surface area contributed by atoms with Crippen molar-refractivity contribution < 1.29 is 0 Å². The summed E-state index contributed by atoms with van der Waals surface area (Å²) >= 11 is 0. The minimum atomic E-state index is 0.306. The molecule has 1 unspecified atom stereocenters. The minimum Gasteiger partial charge on any atom is -0.330 e. The van der Waals surface area contributed by atoms with Gasteiger partial charge < -0.3 is 10.3 Å². The molecule has 3 nitrogen and oxygen atoms in total. The van der Waals surface area contributed by atoms with Crippen LogP contribution in [0.25, 0.3) is 0 Å². The monoisotopic (exact) mass is 229 g/mol. The molecule has 0 fully saturated rings. The van der Waals surface area contributed by atoms with Gasteiger partial charge in [0.05, 0.1) is 12.4 Å². The molecule has 17 heavy (non-hydrogen) atoms. The minimum absolute atomic E-state index is 0.306. The Bertz CT molecular complexity index is 488. The number of nitrogens with two attached hydrogens (primary N) is 1. The largest absolute Gasteiger partial charge is 0.330 e. The summed E-state index contributed by atoms with van der Waals surface area (Å²) in [5, 5.41) is 0.